The summed E-state index contributed by atoms with van der Waals surface area (Å²) in [5, 5.41) is 3.55. The number of nitrogen functional groups attached to an aromatic ring is 1. The number of anilines is 1. The molecule has 2 saturated heterocycles. The van der Waals surface area contributed by atoms with Crippen molar-refractivity contribution in [2.45, 2.75) is 31.9 Å². The van der Waals surface area contributed by atoms with Crippen molar-refractivity contribution in [2.24, 2.45) is 5.92 Å². The van der Waals surface area contributed by atoms with Crippen molar-refractivity contribution in [3.8, 4) is 0 Å². The molecule has 3 N–H and O–H groups in total. The maximum atomic E-state index is 15.3. The lowest BCUT2D eigenvalue weighted by Gasteiger charge is -2.37. The molecule has 0 saturated carbocycles. The minimum Gasteiger partial charge on any atom is -0.398 e. The number of amides is 1. The summed E-state index contributed by atoms with van der Waals surface area (Å²) in [5.41, 5.74) is 7.18. The van der Waals surface area contributed by atoms with Crippen molar-refractivity contribution < 1.29 is 13.9 Å². The first-order valence-electron chi connectivity index (χ1n) is 10.4. The van der Waals surface area contributed by atoms with Crippen molar-refractivity contribution in [3.05, 3.63) is 35.5 Å². The first-order valence-corrected chi connectivity index (χ1v) is 10.4. The molecule has 1 atom stereocenters. The number of ether oxygens (including phenoxy) is 1. The number of nitrogens with zero attached hydrogens (tertiary/aromatic N) is 2. The molecule has 0 aliphatic carbocycles. The fraction of sp³-hybridized carbons (Fsp3) is 0.545. The van der Waals surface area contributed by atoms with Crippen LogP contribution in [0.3, 0.4) is 0 Å². The largest absolute Gasteiger partial charge is 0.398 e. The van der Waals surface area contributed by atoms with Crippen molar-refractivity contribution in [3.63, 3.8) is 0 Å². The summed E-state index contributed by atoms with van der Waals surface area (Å²) in [6, 6.07) is 5.38. The van der Waals surface area contributed by atoms with E-state index >= 15 is 4.39 Å². The molecule has 1 aromatic heterocycles. The summed E-state index contributed by atoms with van der Waals surface area (Å²) in [4.78, 5) is 19.5. The van der Waals surface area contributed by atoms with Crippen LogP contribution in [0.15, 0.2) is 24.4 Å². The topological polar surface area (TPSA) is 80.5 Å². The highest BCUT2D eigenvalue weighted by atomic mass is 19.1. The number of carbonyl (C=O) groups excluding carboxylic acids is 1. The lowest BCUT2D eigenvalue weighted by atomic mass is 9.92. The standard InChI is InChI=1S/C22H29FN4O2/c1-15-11-18(20-17(19(15)24)3-2-7-25-20)21(28)26-14-22(23)5-8-27(9-6-22)12-16-4-10-29-13-16/h2-3,7,11,16H,4-6,8-10,12-14,24H2,1H3,(H,26,28). The van der Waals surface area contributed by atoms with Crippen molar-refractivity contribution >= 4 is 22.5 Å². The van der Waals surface area contributed by atoms with Crippen LogP contribution in [-0.4, -0.2) is 60.9 Å². The molecular weight excluding hydrogens is 371 g/mol. The third-order valence-corrected chi connectivity index (χ3v) is 6.24. The Labute approximate surface area is 170 Å². The zero-order chi connectivity index (χ0) is 20.4. The predicted octanol–water partition coefficient (Wildman–Crippen LogP) is 2.70. The van der Waals surface area contributed by atoms with Crippen LogP contribution in [0.25, 0.3) is 10.9 Å². The molecule has 0 radical (unpaired) electrons. The Balaban J connectivity index is 1.37. The zero-order valence-corrected chi connectivity index (χ0v) is 16.9. The SMILES string of the molecule is Cc1cc(C(=O)NCC2(F)CCN(CC3CCOC3)CC2)c2ncccc2c1N. The summed E-state index contributed by atoms with van der Waals surface area (Å²) in [7, 11) is 0. The van der Waals surface area contributed by atoms with Gasteiger partial charge >= 0.3 is 0 Å². The van der Waals surface area contributed by atoms with E-state index in [2.05, 4.69) is 15.2 Å². The maximum Gasteiger partial charge on any atom is 0.253 e. The van der Waals surface area contributed by atoms with Crippen LogP contribution in [0.4, 0.5) is 10.1 Å². The quantitative estimate of drug-likeness (QED) is 0.755. The van der Waals surface area contributed by atoms with E-state index in [1.54, 1.807) is 18.3 Å². The minimum absolute atomic E-state index is 0.0178. The molecule has 2 aliphatic rings. The fourth-order valence-corrected chi connectivity index (χ4v) is 4.32. The van der Waals surface area contributed by atoms with E-state index in [4.69, 9.17) is 10.5 Å². The number of aryl methyl sites for hydroxylation is 1. The highest BCUT2D eigenvalue weighted by Gasteiger charge is 2.36. The Bertz CT molecular complexity index is 890. The zero-order valence-electron chi connectivity index (χ0n) is 16.9. The number of rotatable bonds is 5. The van der Waals surface area contributed by atoms with Gasteiger partial charge in [-0.2, -0.15) is 0 Å². The first kappa shape index (κ1) is 20.0. The molecule has 1 amide bonds. The number of alkyl halides is 1. The van der Waals surface area contributed by atoms with E-state index in [0.717, 1.165) is 37.1 Å². The van der Waals surface area contributed by atoms with Gasteiger partial charge in [-0.3, -0.25) is 9.78 Å². The number of carbonyl (C=O) groups is 1. The number of hydrogen-bond donors (Lipinski definition) is 2. The lowest BCUT2D eigenvalue weighted by Crippen LogP contribution is -2.49. The summed E-state index contributed by atoms with van der Waals surface area (Å²) in [6.45, 7) is 5.94. The number of benzene rings is 1. The second kappa shape index (κ2) is 8.24. The predicted molar refractivity (Wildman–Crippen MR) is 112 cm³/mol. The molecule has 156 valence electrons. The van der Waals surface area contributed by atoms with Gasteiger partial charge in [0.15, 0.2) is 0 Å². The van der Waals surface area contributed by atoms with Crippen LogP contribution in [0.2, 0.25) is 0 Å². The molecule has 7 heteroatoms. The number of nitrogens with one attached hydrogen (secondary N) is 1. The molecule has 2 aliphatic heterocycles. The summed E-state index contributed by atoms with van der Waals surface area (Å²) < 4.78 is 20.7. The first-order chi connectivity index (χ1) is 14.0. The van der Waals surface area contributed by atoms with Gasteiger partial charge in [0, 0.05) is 43.5 Å². The highest BCUT2D eigenvalue weighted by Crippen LogP contribution is 2.29. The van der Waals surface area contributed by atoms with Crippen LogP contribution in [-0.2, 0) is 4.74 Å². The number of piperidine rings is 1. The second-order valence-corrected chi connectivity index (χ2v) is 8.42. The van der Waals surface area contributed by atoms with Gasteiger partial charge in [0.1, 0.15) is 5.67 Å². The van der Waals surface area contributed by atoms with E-state index in [-0.39, 0.29) is 12.5 Å². The molecule has 1 aromatic carbocycles. The van der Waals surface area contributed by atoms with Crippen LogP contribution in [0.1, 0.15) is 35.2 Å². The van der Waals surface area contributed by atoms with Gasteiger partial charge in [0.25, 0.3) is 5.91 Å². The molecule has 0 spiro atoms. The van der Waals surface area contributed by atoms with Gasteiger partial charge in [-0.05, 0) is 55.9 Å². The highest BCUT2D eigenvalue weighted by molar-refractivity contribution is 6.09. The number of pyridine rings is 1. The average Bonchev–Trinajstić information content (AvgIpc) is 3.24. The molecule has 4 rings (SSSR count). The minimum atomic E-state index is -1.37. The van der Waals surface area contributed by atoms with Gasteiger partial charge in [0.2, 0.25) is 0 Å². The number of hydrogen-bond acceptors (Lipinski definition) is 5. The monoisotopic (exact) mass is 400 g/mol. The van der Waals surface area contributed by atoms with Crippen LogP contribution in [0.5, 0.6) is 0 Å². The van der Waals surface area contributed by atoms with Crippen molar-refractivity contribution in [1.29, 1.82) is 0 Å². The van der Waals surface area contributed by atoms with Gasteiger partial charge in [0.05, 0.1) is 24.2 Å². The Morgan fingerprint density at radius 2 is 2.24 bits per heavy atom. The van der Waals surface area contributed by atoms with E-state index in [1.807, 2.05) is 13.0 Å². The third kappa shape index (κ3) is 4.36. The third-order valence-electron chi connectivity index (χ3n) is 6.24. The number of halogens is 1. The lowest BCUT2D eigenvalue weighted by molar-refractivity contribution is 0.0476. The van der Waals surface area contributed by atoms with Crippen LogP contribution >= 0.6 is 0 Å². The van der Waals surface area contributed by atoms with Gasteiger partial charge in [-0.25, -0.2) is 4.39 Å². The smallest absolute Gasteiger partial charge is 0.253 e. The summed E-state index contributed by atoms with van der Waals surface area (Å²) in [6.07, 6.45) is 3.59. The van der Waals surface area contributed by atoms with Gasteiger partial charge < -0.3 is 20.7 Å². The molecule has 0 bridgehead atoms. The van der Waals surface area contributed by atoms with E-state index in [9.17, 15) is 4.79 Å². The maximum absolute atomic E-state index is 15.3. The summed E-state index contributed by atoms with van der Waals surface area (Å²) >= 11 is 0. The fourth-order valence-electron chi connectivity index (χ4n) is 4.32. The van der Waals surface area contributed by atoms with Crippen molar-refractivity contribution in [2.75, 3.05) is 45.1 Å². The molecule has 1 unspecified atom stereocenters. The normalized spacial score (nSPS) is 22.1. The summed E-state index contributed by atoms with van der Waals surface area (Å²) in [5.74, 6) is 0.260. The molecule has 29 heavy (non-hydrogen) atoms. The molecule has 6 nitrogen and oxygen atoms in total. The number of likely N-dealkylation sites (tertiary alicyclic amines) is 1. The number of aromatic nitrogens is 1. The number of nitrogens with two attached hydrogens (primary N) is 1. The van der Waals surface area contributed by atoms with Crippen molar-refractivity contribution in [1.82, 2.24) is 15.2 Å². The van der Waals surface area contributed by atoms with E-state index in [0.29, 0.717) is 48.6 Å². The Hall–Kier alpha value is -2.25. The second-order valence-electron chi connectivity index (χ2n) is 8.42. The van der Waals surface area contributed by atoms with Crippen LogP contribution in [0, 0.1) is 12.8 Å². The Kier molecular flexibility index (Phi) is 5.69. The van der Waals surface area contributed by atoms with Gasteiger partial charge in [-0.1, -0.05) is 0 Å². The Morgan fingerprint density at radius 3 is 2.97 bits per heavy atom. The number of fused-ring (bicyclic) bond motifs is 1. The van der Waals surface area contributed by atoms with E-state index < -0.39 is 5.67 Å². The molecule has 3 heterocycles. The molecular formula is C22H29FN4O2. The Morgan fingerprint density at radius 1 is 1.45 bits per heavy atom. The molecule has 2 aromatic rings. The average molecular weight is 400 g/mol. The molecule has 2 fully saturated rings. The van der Waals surface area contributed by atoms with Gasteiger partial charge in [-0.15, -0.1) is 0 Å². The van der Waals surface area contributed by atoms with Crippen LogP contribution < -0.4 is 11.1 Å². The van der Waals surface area contributed by atoms with E-state index in [1.165, 1.54) is 0 Å².